The van der Waals surface area contributed by atoms with Gasteiger partial charge in [0.05, 0.1) is 30.4 Å². The Morgan fingerprint density at radius 3 is 2.52 bits per heavy atom. The summed E-state index contributed by atoms with van der Waals surface area (Å²) in [6, 6.07) is 6.06. The predicted molar refractivity (Wildman–Crippen MR) is 95.9 cm³/mol. The van der Waals surface area contributed by atoms with E-state index < -0.39 is 21.4 Å². The number of nitrogens with zero attached hydrogens (tertiary/aromatic N) is 2. The van der Waals surface area contributed by atoms with Gasteiger partial charge in [-0.25, -0.2) is 18.3 Å². The van der Waals surface area contributed by atoms with Crippen LogP contribution in [0.5, 0.6) is 5.75 Å². The zero-order chi connectivity index (χ0) is 19.6. The molecule has 2 aliphatic rings. The zero-order valence-corrected chi connectivity index (χ0v) is 15.4. The van der Waals surface area contributed by atoms with Crippen LogP contribution in [0.15, 0.2) is 46.3 Å². The Bertz CT molecular complexity index is 1100. The molecule has 1 N–H and O–H groups in total. The number of aromatic nitrogens is 3. The molecular formula is C17H17N3O6S. The molecule has 0 saturated carbocycles. The average molecular weight is 391 g/mol. The minimum absolute atomic E-state index is 0.0406. The largest absolute Gasteiger partial charge is 0.497 e. The molecule has 0 aromatic heterocycles. The van der Waals surface area contributed by atoms with E-state index in [9.17, 15) is 18.0 Å². The Morgan fingerprint density at radius 1 is 1.19 bits per heavy atom. The van der Waals surface area contributed by atoms with E-state index in [2.05, 4.69) is 10.2 Å². The number of pyridine rings is 1. The van der Waals surface area contributed by atoms with Gasteiger partial charge in [0.1, 0.15) is 17.0 Å². The van der Waals surface area contributed by atoms with Crippen molar-refractivity contribution in [1.29, 1.82) is 0 Å². The molecule has 0 aliphatic carbocycles. The summed E-state index contributed by atoms with van der Waals surface area (Å²) in [6.07, 6.45) is 2.87. The van der Waals surface area contributed by atoms with Crippen LogP contribution in [0.2, 0.25) is 0 Å². The zero-order valence-electron chi connectivity index (χ0n) is 14.6. The lowest BCUT2D eigenvalue weighted by atomic mass is 10.1. The van der Waals surface area contributed by atoms with Crippen molar-refractivity contribution >= 4 is 15.8 Å². The van der Waals surface area contributed by atoms with Crippen molar-refractivity contribution in [1.82, 2.24) is 14.8 Å². The maximum atomic E-state index is 12.5. The lowest BCUT2D eigenvalue weighted by molar-refractivity contribution is 0.0600. The number of sulfone groups is 1. The molecule has 2 aliphatic heterocycles. The molecule has 142 valence electrons. The summed E-state index contributed by atoms with van der Waals surface area (Å²) in [4.78, 5) is 24.0. The monoisotopic (exact) mass is 391 g/mol. The number of methoxy groups -OCH3 is 2. The van der Waals surface area contributed by atoms with Crippen LogP contribution >= 0.6 is 0 Å². The summed E-state index contributed by atoms with van der Waals surface area (Å²) >= 11 is 0. The van der Waals surface area contributed by atoms with Gasteiger partial charge in [-0.3, -0.25) is 4.79 Å². The predicted octanol–water partition coefficient (Wildman–Crippen LogP) is 0.945. The summed E-state index contributed by atoms with van der Waals surface area (Å²) in [7, 11) is -0.858. The van der Waals surface area contributed by atoms with Crippen molar-refractivity contribution in [2.24, 2.45) is 0 Å². The quantitative estimate of drug-likeness (QED) is 0.621. The van der Waals surface area contributed by atoms with E-state index in [4.69, 9.17) is 9.47 Å². The number of rotatable bonds is 6. The molecule has 0 amide bonds. The van der Waals surface area contributed by atoms with Crippen LogP contribution < -0.4 is 10.3 Å². The van der Waals surface area contributed by atoms with Crippen LogP contribution in [-0.2, 0) is 21.1 Å². The van der Waals surface area contributed by atoms with Gasteiger partial charge in [-0.1, -0.05) is 0 Å². The van der Waals surface area contributed by atoms with E-state index >= 15 is 0 Å². The smallest absolute Gasteiger partial charge is 0.341 e. The Hall–Kier alpha value is -3.14. The molecule has 0 unspecified atom stereocenters. The van der Waals surface area contributed by atoms with E-state index in [1.165, 1.54) is 43.3 Å². The Balaban J connectivity index is 1.90. The summed E-state index contributed by atoms with van der Waals surface area (Å²) in [5, 5.41) is 6.09. The van der Waals surface area contributed by atoms with Crippen LogP contribution in [0, 0.1) is 0 Å². The summed E-state index contributed by atoms with van der Waals surface area (Å²) < 4.78 is 36.3. The van der Waals surface area contributed by atoms with Gasteiger partial charge in [0.25, 0.3) is 5.56 Å². The number of carbonyl (C=O) groups excluding carboxylic acids is 1. The lowest BCUT2D eigenvalue weighted by Gasteiger charge is -2.12. The van der Waals surface area contributed by atoms with Crippen molar-refractivity contribution in [2.75, 3.05) is 20.0 Å². The molecule has 1 aromatic carbocycles. The SMILES string of the molecule is COC(=O)c1cn(CCS(=O)(=O)c2ccc(OC)cc2)cc2c(=O)[nH]nc1-2. The fraction of sp³-hybridized carbons (Fsp3) is 0.235. The number of H-pyrrole nitrogens is 1. The molecular weight excluding hydrogens is 374 g/mol. The molecule has 3 rings (SSSR count). The molecule has 9 nitrogen and oxygen atoms in total. The normalized spacial score (nSPS) is 11.5. The van der Waals surface area contributed by atoms with Crippen molar-refractivity contribution in [3.8, 4) is 17.0 Å². The van der Waals surface area contributed by atoms with Crippen molar-refractivity contribution in [3.63, 3.8) is 0 Å². The third kappa shape index (κ3) is 3.70. The van der Waals surface area contributed by atoms with Crippen LogP contribution in [-0.4, -0.2) is 49.1 Å². The summed E-state index contributed by atoms with van der Waals surface area (Å²) in [5.41, 5.74) is -0.0291. The second-order valence-electron chi connectivity index (χ2n) is 5.71. The molecule has 27 heavy (non-hydrogen) atoms. The van der Waals surface area contributed by atoms with Gasteiger partial charge < -0.3 is 14.0 Å². The topological polar surface area (TPSA) is 120 Å². The number of hydrogen-bond donors (Lipinski definition) is 1. The number of benzene rings is 1. The average Bonchev–Trinajstić information content (AvgIpc) is 3.06. The Kier molecular flexibility index (Phi) is 5.00. The first-order chi connectivity index (χ1) is 12.9. The van der Waals surface area contributed by atoms with Crippen LogP contribution in [0.25, 0.3) is 11.3 Å². The first-order valence-electron chi connectivity index (χ1n) is 7.89. The fourth-order valence-corrected chi connectivity index (χ4v) is 3.84. The van der Waals surface area contributed by atoms with Crippen LogP contribution in [0.3, 0.4) is 0 Å². The molecule has 2 heterocycles. The minimum Gasteiger partial charge on any atom is -0.497 e. The molecule has 0 saturated heterocycles. The van der Waals surface area contributed by atoms with E-state index in [1.807, 2.05) is 0 Å². The lowest BCUT2D eigenvalue weighted by Crippen LogP contribution is -2.17. The summed E-state index contributed by atoms with van der Waals surface area (Å²) in [5.74, 6) is -0.333. The van der Waals surface area contributed by atoms with Crippen molar-refractivity contribution in [2.45, 2.75) is 11.4 Å². The molecule has 0 radical (unpaired) electrons. The number of ether oxygens (including phenoxy) is 2. The second-order valence-corrected chi connectivity index (χ2v) is 7.82. The highest BCUT2D eigenvalue weighted by Crippen LogP contribution is 2.21. The van der Waals surface area contributed by atoms with Crippen molar-refractivity contribution in [3.05, 3.63) is 52.6 Å². The summed E-state index contributed by atoms with van der Waals surface area (Å²) in [6.45, 7) is 0.0406. The first kappa shape index (κ1) is 18.6. The van der Waals surface area contributed by atoms with Gasteiger partial charge in [-0.15, -0.1) is 0 Å². The Labute approximate surface area is 154 Å². The maximum Gasteiger partial charge on any atom is 0.341 e. The second kappa shape index (κ2) is 7.23. The van der Waals surface area contributed by atoms with Gasteiger partial charge in [0.15, 0.2) is 9.84 Å². The molecule has 10 heteroatoms. The van der Waals surface area contributed by atoms with Gasteiger partial charge in [0, 0.05) is 18.9 Å². The van der Waals surface area contributed by atoms with Gasteiger partial charge in [0.2, 0.25) is 0 Å². The molecule has 0 spiro atoms. The number of esters is 1. The third-order valence-electron chi connectivity index (χ3n) is 4.06. The van der Waals surface area contributed by atoms with Crippen molar-refractivity contribution < 1.29 is 22.7 Å². The number of carbonyl (C=O) groups is 1. The number of nitrogens with one attached hydrogen (secondary N) is 1. The number of hydrogen-bond acceptors (Lipinski definition) is 7. The minimum atomic E-state index is -3.57. The van der Waals surface area contributed by atoms with E-state index in [1.54, 1.807) is 12.1 Å². The first-order valence-corrected chi connectivity index (χ1v) is 9.54. The maximum absolute atomic E-state index is 12.5. The number of aryl methyl sites for hydroxylation is 1. The molecule has 1 aromatic rings. The molecule has 0 bridgehead atoms. The standard InChI is InChI=1S/C17H17N3O6S/c1-25-11-3-5-12(6-4-11)27(23,24)8-7-20-9-13-15(18-19-16(13)21)14(10-20)17(22)26-2/h3-6,9-10H,7-8H2,1-2H3,(H,19,21). The molecule has 0 atom stereocenters. The third-order valence-corrected chi connectivity index (χ3v) is 5.77. The number of aromatic amines is 1. The number of fused-ring (bicyclic) bond motifs is 1. The fourth-order valence-electron chi connectivity index (χ4n) is 2.60. The van der Waals surface area contributed by atoms with Gasteiger partial charge in [-0.05, 0) is 24.3 Å². The van der Waals surface area contributed by atoms with Crippen LogP contribution in [0.1, 0.15) is 10.4 Å². The van der Waals surface area contributed by atoms with Crippen LogP contribution in [0.4, 0.5) is 0 Å². The van der Waals surface area contributed by atoms with Gasteiger partial charge >= 0.3 is 5.97 Å². The highest BCUT2D eigenvalue weighted by Gasteiger charge is 2.22. The highest BCUT2D eigenvalue weighted by atomic mass is 32.2. The Morgan fingerprint density at radius 2 is 1.89 bits per heavy atom. The van der Waals surface area contributed by atoms with E-state index in [-0.39, 0.29) is 34.0 Å². The van der Waals surface area contributed by atoms with Gasteiger partial charge in [-0.2, -0.15) is 5.10 Å². The molecule has 0 fully saturated rings. The highest BCUT2D eigenvalue weighted by molar-refractivity contribution is 7.91. The van der Waals surface area contributed by atoms with E-state index in [0.29, 0.717) is 5.75 Å². The van der Waals surface area contributed by atoms with E-state index in [0.717, 1.165) is 0 Å².